The smallest absolute Gasteiger partial charge is 0.254 e. The molecule has 5 heteroatoms. The summed E-state index contributed by atoms with van der Waals surface area (Å²) in [4.78, 5) is 26.1. The molecular formula is C16H19BrN2O2. The Morgan fingerprint density at radius 1 is 1.38 bits per heavy atom. The van der Waals surface area contributed by atoms with Crippen molar-refractivity contribution in [1.82, 2.24) is 10.2 Å². The molecule has 2 unspecified atom stereocenters. The SMILES string of the molecule is Cc1ccc(Br)cc1C(=O)N1CCC2NC(=O)CCC2C1. The molecule has 0 aliphatic carbocycles. The van der Waals surface area contributed by atoms with E-state index in [1.54, 1.807) is 0 Å². The first kappa shape index (κ1) is 14.6. The molecule has 112 valence electrons. The number of carbonyl (C=O) groups is 2. The number of likely N-dealkylation sites (tertiary alicyclic amines) is 1. The van der Waals surface area contributed by atoms with Gasteiger partial charge in [0.05, 0.1) is 0 Å². The average molecular weight is 351 g/mol. The highest BCUT2D eigenvalue weighted by molar-refractivity contribution is 9.10. The highest BCUT2D eigenvalue weighted by Gasteiger charge is 2.35. The number of amides is 2. The number of hydrogen-bond donors (Lipinski definition) is 1. The van der Waals surface area contributed by atoms with Gasteiger partial charge in [0.2, 0.25) is 5.91 Å². The van der Waals surface area contributed by atoms with Crippen molar-refractivity contribution in [2.45, 2.75) is 32.2 Å². The van der Waals surface area contributed by atoms with Gasteiger partial charge in [0.1, 0.15) is 0 Å². The third kappa shape index (κ3) is 2.98. The van der Waals surface area contributed by atoms with Crippen LogP contribution in [0.15, 0.2) is 22.7 Å². The van der Waals surface area contributed by atoms with Gasteiger partial charge in [0, 0.05) is 35.6 Å². The van der Waals surface area contributed by atoms with E-state index >= 15 is 0 Å². The van der Waals surface area contributed by atoms with Crippen LogP contribution in [-0.4, -0.2) is 35.8 Å². The molecule has 0 aromatic heterocycles. The lowest BCUT2D eigenvalue weighted by Crippen LogP contribution is -2.55. The first-order valence-electron chi connectivity index (χ1n) is 7.39. The van der Waals surface area contributed by atoms with Crippen molar-refractivity contribution in [2.75, 3.05) is 13.1 Å². The Bertz CT molecular complexity index is 588. The van der Waals surface area contributed by atoms with E-state index in [1.807, 2.05) is 30.0 Å². The zero-order chi connectivity index (χ0) is 15.0. The van der Waals surface area contributed by atoms with E-state index in [4.69, 9.17) is 0 Å². The Hall–Kier alpha value is -1.36. The summed E-state index contributed by atoms with van der Waals surface area (Å²) >= 11 is 3.43. The number of hydrogen-bond acceptors (Lipinski definition) is 2. The minimum absolute atomic E-state index is 0.101. The van der Waals surface area contributed by atoms with Crippen LogP contribution in [0.3, 0.4) is 0 Å². The van der Waals surface area contributed by atoms with Gasteiger partial charge < -0.3 is 10.2 Å². The van der Waals surface area contributed by atoms with Crippen LogP contribution < -0.4 is 5.32 Å². The molecule has 2 aliphatic rings. The van der Waals surface area contributed by atoms with E-state index in [0.717, 1.165) is 35.0 Å². The molecule has 0 radical (unpaired) electrons. The second kappa shape index (κ2) is 5.79. The number of halogens is 1. The molecule has 1 aromatic carbocycles. The third-order valence-electron chi connectivity index (χ3n) is 4.54. The molecule has 0 bridgehead atoms. The molecule has 0 saturated carbocycles. The molecule has 2 aliphatic heterocycles. The topological polar surface area (TPSA) is 49.4 Å². The van der Waals surface area contributed by atoms with Crippen molar-refractivity contribution in [1.29, 1.82) is 0 Å². The van der Waals surface area contributed by atoms with Crippen molar-refractivity contribution in [3.8, 4) is 0 Å². The van der Waals surface area contributed by atoms with E-state index in [2.05, 4.69) is 21.2 Å². The summed E-state index contributed by atoms with van der Waals surface area (Å²) < 4.78 is 0.927. The highest BCUT2D eigenvalue weighted by atomic mass is 79.9. The zero-order valence-corrected chi connectivity index (χ0v) is 13.6. The van der Waals surface area contributed by atoms with E-state index in [-0.39, 0.29) is 17.9 Å². The molecular weight excluding hydrogens is 332 g/mol. The Morgan fingerprint density at radius 3 is 3.00 bits per heavy atom. The Balaban J connectivity index is 1.74. The van der Waals surface area contributed by atoms with E-state index in [0.29, 0.717) is 18.9 Å². The van der Waals surface area contributed by atoms with Crippen LogP contribution >= 0.6 is 15.9 Å². The number of aryl methyl sites for hydroxylation is 1. The van der Waals surface area contributed by atoms with Crippen LogP contribution in [0.4, 0.5) is 0 Å². The van der Waals surface area contributed by atoms with Crippen molar-refractivity contribution in [3.05, 3.63) is 33.8 Å². The van der Waals surface area contributed by atoms with E-state index in [9.17, 15) is 9.59 Å². The van der Waals surface area contributed by atoms with Crippen molar-refractivity contribution < 1.29 is 9.59 Å². The summed E-state index contributed by atoms with van der Waals surface area (Å²) in [5.41, 5.74) is 1.77. The first-order valence-corrected chi connectivity index (χ1v) is 8.18. The maximum Gasteiger partial charge on any atom is 0.254 e. The van der Waals surface area contributed by atoms with Gasteiger partial charge >= 0.3 is 0 Å². The van der Waals surface area contributed by atoms with Crippen LogP contribution in [0.2, 0.25) is 0 Å². The summed E-state index contributed by atoms with van der Waals surface area (Å²) in [7, 11) is 0. The van der Waals surface area contributed by atoms with Crippen LogP contribution in [0, 0.1) is 12.8 Å². The Morgan fingerprint density at radius 2 is 2.19 bits per heavy atom. The number of piperidine rings is 2. The fourth-order valence-corrected chi connectivity index (χ4v) is 3.65. The molecule has 0 spiro atoms. The fourth-order valence-electron chi connectivity index (χ4n) is 3.29. The van der Waals surface area contributed by atoms with Crippen LogP contribution in [0.25, 0.3) is 0 Å². The van der Waals surface area contributed by atoms with Crippen LogP contribution in [0.1, 0.15) is 35.2 Å². The summed E-state index contributed by atoms with van der Waals surface area (Å²) in [6.07, 6.45) is 2.33. The lowest BCUT2D eigenvalue weighted by atomic mass is 9.85. The maximum atomic E-state index is 12.7. The van der Waals surface area contributed by atoms with Crippen LogP contribution in [-0.2, 0) is 4.79 Å². The Kier molecular flexibility index (Phi) is 4.02. The van der Waals surface area contributed by atoms with Crippen LogP contribution in [0.5, 0.6) is 0 Å². The highest BCUT2D eigenvalue weighted by Crippen LogP contribution is 2.27. The van der Waals surface area contributed by atoms with Crippen molar-refractivity contribution >= 4 is 27.7 Å². The molecule has 2 fully saturated rings. The predicted molar refractivity (Wildman–Crippen MR) is 84.1 cm³/mol. The monoisotopic (exact) mass is 350 g/mol. The molecule has 2 amide bonds. The molecule has 2 heterocycles. The fraction of sp³-hybridized carbons (Fsp3) is 0.500. The molecule has 4 nitrogen and oxygen atoms in total. The number of fused-ring (bicyclic) bond motifs is 1. The van der Waals surface area contributed by atoms with Gasteiger partial charge in [0.25, 0.3) is 5.91 Å². The molecule has 2 saturated heterocycles. The summed E-state index contributed by atoms with van der Waals surface area (Å²) in [5, 5.41) is 3.05. The van der Waals surface area contributed by atoms with Gasteiger partial charge in [-0.2, -0.15) is 0 Å². The standard InChI is InChI=1S/C16H19BrN2O2/c1-10-2-4-12(17)8-13(10)16(21)19-7-6-14-11(9-19)3-5-15(20)18-14/h2,4,8,11,14H,3,5-7,9H2,1H3,(H,18,20). The number of rotatable bonds is 1. The normalized spacial score (nSPS) is 25.2. The maximum absolute atomic E-state index is 12.7. The summed E-state index contributed by atoms with van der Waals surface area (Å²) in [5.74, 6) is 0.649. The summed E-state index contributed by atoms with van der Waals surface area (Å²) in [6.45, 7) is 3.43. The molecule has 3 rings (SSSR count). The van der Waals surface area contributed by atoms with Gasteiger partial charge in [-0.05, 0) is 43.4 Å². The second-order valence-electron chi connectivity index (χ2n) is 5.97. The molecule has 1 aromatic rings. The summed E-state index contributed by atoms with van der Waals surface area (Å²) in [6, 6.07) is 6.06. The minimum atomic E-state index is 0.101. The lowest BCUT2D eigenvalue weighted by Gasteiger charge is -2.41. The Labute approximate surface area is 133 Å². The number of nitrogens with zero attached hydrogens (tertiary/aromatic N) is 1. The molecule has 21 heavy (non-hydrogen) atoms. The number of nitrogens with one attached hydrogen (secondary N) is 1. The van der Waals surface area contributed by atoms with E-state index in [1.165, 1.54) is 0 Å². The lowest BCUT2D eigenvalue weighted by molar-refractivity contribution is -0.125. The largest absolute Gasteiger partial charge is 0.353 e. The first-order chi connectivity index (χ1) is 10.0. The number of carbonyl (C=O) groups excluding carboxylic acids is 2. The van der Waals surface area contributed by atoms with Gasteiger partial charge in [-0.25, -0.2) is 0 Å². The van der Waals surface area contributed by atoms with Crippen molar-refractivity contribution in [3.63, 3.8) is 0 Å². The van der Waals surface area contributed by atoms with Crippen molar-refractivity contribution in [2.24, 2.45) is 5.92 Å². The van der Waals surface area contributed by atoms with E-state index < -0.39 is 0 Å². The molecule has 1 N–H and O–H groups in total. The zero-order valence-electron chi connectivity index (χ0n) is 12.1. The molecule has 2 atom stereocenters. The van der Waals surface area contributed by atoms with Gasteiger partial charge in [0.15, 0.2) is 0 Å². The third-order valence-corrected chi connectivity index (χ3v) is 5.03. The van der Waals surface area contributed by atoms with Gasteiger partial charge in [-0.1, -0.05) is 22.0 Å². The van der Waals surface area contributed by atoms with Gasteiger partial charge in [-0.15, -0.1) is 0 Å². The minimum Gasteiger partial charge on any atom is -0.353 e. The van der Waals surface area contributed by atoms with Gasteiger partial charge in [-0.3, -0.25) is 9.59 Å². The second-order valence-corrected chi connectivity index (χ2v) is 6.89. The number of benzene rings is 1. The predicted octanol–water partition coefficient (Wildman–Crippen LogP) is 2.50. The quantitative estimate of drug-likeness (QED) is 0.845. The average Bonchev–Trinajstić information content (AvgIpc) is 2.48.